The molecule has 0 bridgehead atoms. The topological polar surface area (TPSA) is 55.4 Å². The summed E-state index contributed by atoms with van der Waals surface area (Å²) in [6.07, 6.45) is 2.14. The molecule has 0 saturated heterocycles. The van der Waals surface area contributed by atoms with Gasteiger partial charge < -0.3 is 10.1 Å². The molecule has 1 rings (SSSR count). The van der Waals surface area contributed by atoms with Crippen LogP contribution in [0.4, 0.5) is 4.79 Å². The maximum atomic E-state index is 12.1. The Morgan fingerprint density at radius 2 is 1.71 bits per heavy atom. The lowest BCUT2D eigenvalue weighted by Crippen LogP contribution is -2.37. The van der Waals surface area contributed by atoms with Gasteiger partial charge in [0.15, 0.2) is 0 Å². The summed E-state index contributed by atoms with van der Waals surface area (Å²) >= 11 is 0. The van der Waals surface area contributed by atoms with Crippen molar-refractivity contribution in [2.75, 3.05) is 0 Å². The zero-order valence-electron chi connectivity index (χ0n) is 15.9. The Balaban J connectivity index is 2.31. The first-order valence-corrected chi connectivity index (χ1v) is 8.63. The van der Waals surface area contributed by atoms with E-state index in [9.17, 15) is 9.59 Å². The van der Waals surface area contributed by atoms with Gasteiger partial charge in [-0.3, -0.25) is 4.79 Å². The summed E-state index contributed by atoms with van der Waals surface area (Å²) in [5.41, 5.74) is 2.96. The van der Waals surface area contributed by atoms with Crippen molar-refractivity contribution in [3.8, 4) is 0 Å². The Kier molecular flexibility index (Phi) is 7.46. The van der Waals surface area contributed by atoms with Crippen LogP contribution in [0.1, 0.15) is 63.6 Å². The molecule has 24 heavy (non-hydrogen) atoms. The molecule has 134 valence electrons. The van der Waals surface area contributed by atoms with E-state index in [1.165, 1.54) is 11.1 Å². The van der Waals surface area contributed by atoms with Gasteiger partial charge in [0.2, 0.25) is 0 Å². The highest BCUT2D eigenvalue weighted by Gasteiger charge is 2.17. The number of ketones is 1. The fourth-order valence-corrected chi connectivity index (χ4v) is 2.67. The third-order valence-electron chi connectivity index (χ3n) is 3.54. The van der Waals surface area contributed by atoms with Gasteiger partial charge in [0.1, 0.15) is 11.4 Å². The number of carbonyl (C=O) groups is 2. The van der Waals surface area contributed by atoms with Crippen LogP contribution in [-0.2, 0) is 16.0 Å². The lowest BCUT2D eigenvalue weighted by atomic mass is 10.00. The monoisotopic (exact) mass is 333 g/mol. The van der Waals surface area contributed by atoms with Crippen molar-refractivity contribution < 1.29 is 14.3 Å². The highest BCUT2D eigenvalue weighted by Crippen LogP contribution is 2.12. The summed E-state index contributed by atoms with van der Waals surface area (Å²) in [5.74, 6) is 0.240. The molecule has 1 atom stereocenters. The molecule has 0 heterocycles. The number of amides is 1. The number of alkyl carbamates (subject to hydrolysis) is 1. The van der Waals surface area contributed by atoms with Gasteiger partial charge in [-0.2, -0.15) is 0 Å². The summed E-state index contributed by atoms with van der Waals surface area (Å²) in [7, 11) is 0. The molecule has 1 unspecified atom stereocenters. The molecule has 0 spiro atoms. The molecule has 1 N–H and O–H groups in total. The molecule has 0 fully saturated rings. The Bertz CT molecular complexity index is 552. The molecule has 0 radical (unpaired) electrons. The van der Waals surface area contributed by atoms with E-state index in [1.807, 2.05) is 41.5 Å². The van der Waals surface area contributed by atoms with Crippen LogP contribution in [0.2, 0.25) is 0 Å². The van der Waals surface area contributed by atoms with Crippen LogP contribution < -0.4 is 5.32 Å². The maximum absolute atomic E-state index is 12.1. The van der Waals surface area contributed by atoms with Gasteiger partial charge in [0.25, 0.3) is 0 Å². The Morgan fingerprint density at radius 1 is 1.12 bits per heavy atom. The molecular weight excluding hydrogens is 302 g/mol. The lowest BCUT2D eigenvalue weighted by Gasteiger charge is -2.21. The molecule has 4 heteroatoms. The second-order valence-electron chi connectivity index (χ2n) is 7.65. The third kappa shape index (κ3) is 8.70. The fraction of sp³-hybridized carbons (Fsp3) is 0.600. The van der Waals surface area contributed by atoms with E-state index in [-0.39, 0.29) is 11.8 Å². The van der Waals surface area contributed by atoms with Crippen LogP contribution in [0.25, 0.3) is 0 Å². The molecule has 1 aromatic rings. The fourth-order valence-electron chi connectivity index (χ4n) is 2.67. The smallest absolute Gasteiger partial charge is 0.407 e. The standard InChI is InChI=1S/C20H31NO3/c1-14-10-15(2)12-17(11-14)13-18(22)9-7-8-16(3)21-19(23)24-20(4,5)6/h10-12,16H,7-9,13H2,1-6H3,(H,21,23). The van der Waals surface area contributed by atoms with E-state index in [2.05, 4.69) is 23.5 Å². The number of nitrogens with one attached hydrogen (secondary N) is 1. The lowest BCUT2D eigenvalue weighted by molar-refractivity contribution is -0.118. The summed E-state index contributed by atoms with van der Waals surface area (Å²) in [5, 5.41) is 2.80. The number of Topliss-reactive ketones (excluding diaryl/α,β-unsaturated/α-hetero) is 1. The van der Waals surface area contributed by atoms with Crippen LogP contribution >= 0.6 is 0 Å². The van der Waals surface area contributed by atoms with E-state index >= 15 is 0 Å². The minimum atomic E-state index is -0.494. The van der Waals surface area contributed by atoms with Crippen molar-refractivity contribution in [2.24, 2.45) is 0 Å². The zero-order chi connectivity index (χ0) is 18.3. The number of rotatable bonds is 7. The van der Waals surface area contributed by atoms with Crippen LogP contribution in [0.5, 0.6) is 0 Å². The SMILES string of the molecule is Cc1cc(C)cc(CC(=O)CCCC(C)NC(=O)OC(C)(C)C)c1. The molecule has 0 aliphatic rings. The predicted octanol–water partition coefficient (Wildman–Crippen LogP) is 4.50. The van der Waals surface area contributed by atoms with Crippen LogP contribution in [0, 0.1) is 13.8 Å². The minimum absolute atomic E-state index is 0.00568. The molecular formula is C20H31NO3. The predicted molar refractivity (Wildman–Crippen MR) is 97.3 cm³/mol. The van der Waals surface area contributed by atoms with Crippen molar-refractivity contribution >= 4 is 11.9 Å². The Hall–Kier alpha value is -1.84. The van der Waals surface area contributed by atoms with Crippen LogP contribution in [0.15, 0.2) is 18.2 Å². The van der Waals surface area contributed by atoms with Crippen molar-refractivity contribution in [1.29, 1.82) is 0 Å². The highest BCUT2D eigenvalue weighted by molar-refractivity contribution is 5.80. The summed E-state index contributed by atoms with van der Waals surface area (Å²) in [4.78, 5) is 23.8. The van der Waals surface area contributed by atoms with Crippen molar-refractivity contribution in [2.45, 2.75) is 78.9 Å². The second kappa shape index (κ2) is 8.86. The zero-order valence-corrected chi connectivity index (χ0v) is 15.9. The van der Waals surface area contributed by atoms with Gasteiger partial charge >= 0.3 is 6.09 Å². The second-order valence-corrected chi connectivity index (χ2v) is 7.65. The molecule has 0 aliphatic heterocycles. The molecule has 0 aliphatic carbocycles. The molecule has 0 saturated carbocycles. The number of aryl methyl sites for hydroxylation is 2. The molecule has 1 amide bonds. The van der Waals surface area contributed by atoms with Crippen molar-refractivity contribution in [1.82, 2.24) is 5.32 Å². The van der Waals surface area contributed by atoms with Gasteiger partial charge in [0.05, 0.1) is 0 Å². The number of ether oxygens (including phenoxy) is 1. The average molecular weight is 333 g/mol. The first kappa shape index (κ1) is 20.2. The third-order valence-corrected chi connectivity index (χ3v) is 3.54. The summed E-state index contributed by atoms with van der Waals surface area (Å²) in [6.45, 7) is 11.5. The normalized spacial score (nSPS) is 12.6. The van der Waals surface area contributed by atoms with Gasteiger partial charge in [0, 0.05) is 18.9 Å². The van der Waals surface area contributed by atoms with Crippen molar-refractivity contribution in [3.05, 3.63) is 34.9 Å². The van der Waals surface area contributed by atoms with Gasteiger partial charge in [-0.15, -0.1) is 0 Å². The maximum Gasteiger partial charge on any atom is 0.407 e. The van der Waals surface area contributed by atoms with Crippen LogP contribution in [-0.4, -0.2) is 23.5 Å². The molecule has 0 aromatic heterocycles. The summed E-state index contributed by atoms with van der Waals surface area (Å²) in [6, 6.07) is 6.24. The van der Waals surface area contributed by atoms with E-state index < -0.39 is 11.7 Å². The Labute approximate surface area is 146 Å². The molecule has 4 nitrogen and oxygen atoms in total. The van der Waals surface area contributed by atoms with E-state index in [4.69, 9.17) is 4.74 Å². The van der Waals surface area contributed by atoms with Gasteiger partial charge in [-0.1, -0.05) is 29.3 Å². The first-order valence-electron chi connectivity index (χ1n) is 8.63. The highest BCUT2D eigenvalue weighted by atomic mass is 16.6. The minimum Gasteiger partial charge on any atom is -0.444 e. The first-order chi connectivity index (χ1) is 11.0. The van der Waals surface area contributed by atoms with E-state index in [1.54, 1.807) is 0 Å². The number of hydrogen-bond acceptors (Lipinski definition) is 3. The van der Waals surface area contributed by atoms with Crippen molar-refractivity contribution in [3.63, 3.8) is 0 Å². The quantitative estimate of drug-likeness (QED) is 0.799. The summed E-state index contributed by atoms with van der Waals surface area (Å²) < 4.78 is 5.22. The van der Waals surface area contributed by atoms with Gasteiger partial charge in [-0.25, -0.2) is 4.79 Å². The van der Waals surface area contributed by atoms with E-state index in [0.717, 1.165) is 18.4 Å². The van der Waals surface area contributed by atoms with Crippen LogP contribution in [0.3, 0.4) is 0 Å². The molecule has 1 aromatic carbocycles. The average Bonchev–Trinajstić information content (AvgIpc) is 2.34. The number of benzene rings is 1. The number of carbonyl (C=O) groups excluding carboxylic acids is 2. The van der Waals surface area contributed by atoms with E-state index in [0.29, 0.717) is 12.8 Å². The number of hydrogen-bond donors (Lipinski definition) is 1. The van der Waals surface area contributed by atoms with Gasteiger partial charge in [-0.05, 0) is 59.9 Å². The Morgan fingerprint density at radius 3 is 2.25 bits per heavy atom. The largest absolute Gasteiger partial charge is 0.444 e.